The third-order valence-electron chi connectivity index (χ3n) is 1.81. The number of pyridine rings is 1. The molecular formula is C10H13NO2S. The summed E-state index contributed by atoms with van der Waals surface area (Å²) in [7, 11) is 0. The van der Waals surface area contributed by atoms with Gasteiger partial charge in [0.05, 0.1) is 5.92 Å². The van der Waals surface area contributed by atoms with Gasteiger partial charge in [0.15, 0.2) is 0 Å². The number of hydrogen-bond donors (Lipinski definition) is 1. The van der Waals surface area contributed by atoms with Crippen LogP contribution in [-0.4, -0.2) is 21.8 Å². The fourth-order valence-electron chi connectivity index (χ4n) is 0.904. The average Bonchev–Trinajstić information content (AvgIpc) is 2.19. The van der Waals surface area contributed by atoms with Crippen molar-refractivity contribution in [2.45, 2.75) is 12.7 Å². The molecule has 0 amide bonds. The molecular weight excluding hydrogens is 198 g/mol. The first-order valence-corrected chi connectivity index (χ1v) is 5.55. The van der Waals surface area contributed by atoms with E-state index in [1.54, 1.807) is 31.1 Å². The van der Waals surface area contributed by atoms with E-state index < -0.39 is 5.97 Å². The number of carboxylic acid groups (broad SMARTS) is 1. The van der Waals surface area contributed by atoms with Gasteiger partial charge in [-0.3, -0.25) is 9.78 Å². The molecule has 0 fully saturated rings. The molecule has 0 saturated carbocycles. The van der Waals surface area contributed by atoms with Crippen LogP contribution in [0.1, 0.15) is 12.5 Å². The monoisotopic (exact) mass is 211 g/mol. The first-order valence-electron chi connectivity index (χ1n) is 4.39. The summed E-state index contributed by atoms with van der Waals surface area (Å²) in [4.78, 5) is 14.4. The molecule has 76 valence electrons. The topological polar surface area (TPSA) is 50.2 Å². The Bertz CT molecular complexity index is 289. The normalized spacial score (nSPS) is 12.4. The van der Waals surface area contributed by atoms with E-state index in [9.17, 15) is 4.79 Å². The van der Waals surface area contributed by atoms with Gasteiger partial charge >= 0.3 is 5.97 Å². The Labute approximate surface area is 87.6 Å². The number of nitrogens with zero attached hydrogens (tertiary/aromatic N) is 1. The Kier molecular flexibility index (Phi) is 4.46. The summed E-state index contributed by atoms with van der Waals surface area (Å²) in [6.07, 6.45) is 3.49. The molecule has 14 heavy (non-hydrogen) atoms. The Morgan fingerprint density at radius 1 is 1.57 bits per heavy atom. The summed E-state index contributed by atoms with van der Waals surface area (Å²) in [6.45, 7) is 1.72. The minimum Gasteiger partial charge on any atom is -0.481 e. The van der Waals surface area contributed by atoms with Gasteiger partial charge in [0, 0.05) is 23.9 Å². The van der Waals surface area contributed by atoms with E-state index >= 15 is 0 Å². The van der Waals surface area contributed by atoms with E-state index in [-0.39, 0.29) is 5.92 Å². The lowest BCUT2D eigenvalue weighted by atomic mass is 10.2. The molecule has 1 rings (SSSR count). The van der Waals surface area contributed by atoms with Crippen LogP contribution in [-0.2, 0) is 10.5 Å². The first-order chi connectivity index (χ1) is 6.70. The molecule has 1 aromatic rings. The summed E-state index contributed by atoms with van der Waals surface area (Å²) in [5.41, 5.74) is 1.18. The molecule has 0 aliphatic carbocycles. The van der Waals surface area contributed by atoms with Crippen molar-refractivity contribution in [3.05, 3.63) is 30.1 Å². The zero-order chi connectivity index (χ0) is 10.4. The fraction of sp³-hybridized carbons (Fsp3) is 0.400. The molecule has 3 nitrogen and oxygen atoms in total. The zero-order valence-corrected chi connectivity index (χ0v) is 8.83. The summed E-state index contributed by atoms with van der Waals surface area (Å²) in [5, 5.41) is 8.66. The Morgan fingerprint density at radius 3 is 2.79 bits per heavy atom. The third-order valence-corrected chi connectivity index (χ3v) is 3.08. The third kappa shape index (κ3) is 3.79. The number of hydrogen-bond acceptors (Lipinski definition) is 3. The smallest absolute Gasteiger partial charge is 0.307 e. The van der Waals surface area contributed by atoms with Crippen LogP contribution in [0.15, 0.2) is 24.5 Å². The molecule has 1 unspecified atom stereocenters. The lowest BCUT2D eigenvalue weighted by Crippen LogP contribution is -2.11. The highest BCUT2D eigenvalue weighted by molar-refractivity contribution is 7.98. The molecule has 0 bridgehead atoms. The second kappa shape index (κ2) is 5.65. The summed E-state index contributed by atoms with van der Waals surface area (Å²) >= 11 is 1.63. The highest BCUT2D eigenvalue weighted by Gasteiger charge is 2.09. The largest absolute Gasteiger partial charge is 0.481 e. The van der Waals surface area contributed by atoms with Gasteiger partial charge in [-0.2, -0.15) is 11.8 Å². The van der Waals surface area contributed by atoms with Gasteiger partial charge in [0.25, 0.3) is 0 Å². The number of thioether (sulfide) groups is 1. The second-order valence-electron chi connectivity index (χ2n) is 3.11. The van der Waals surface area contributed by atoms with Crippen LogP contribution in [0.2, 0.25) is 0 Å². The highest BCUT2D eigenvalue weighted by Crippen LogP contribution is 2.14. The fourth-order valence-corrected chi connectivity index (χ4v) is 1.95. The summed E-state index contributed by atoms with van der Waals surface area (Å²) < 4.78 is 0. The molecule has 1 N–H and O–H groups in total. The van der Waals surface area contributed by atoms with Crippen molar-refractivity contribution < 1.29 is 9.90 Å². The van der Waals surface area contributed by atoms with Crippen molar-refractivity contribution in [3.63, 3.8) is 0 Å². The molecule has 0 spiro atoms. The maximum atomic E-state index is 10.5. The first kappa shape index (κ1) is 11.0. The molecule has 4 heteroatoms. The number of carbonyl (C=O) groups is 1. The van der Waals surface area contributed by atoms with Gasteiger partial charge in [0.1, 0.15) is 0 Å². The Hall–Kier alpha value is -1.03. The lowest BCUT2D eigenvalue weighted by Gasteiger charge is -2.05. The van der Waals surface area contributed by atoms with E-state index in [1.165, 1.54) is 5.56 Å². The molecule has 1 atom stereocenters. The Morgan fingerprint density at radius 2 is 2.21 bits per heavy atom. The van der Waals surface area contributed by atoms with Gasteiger partial charge in [-0.1, -0.05) is 6.92 Å². The van der Waals surface area contributed by atoms with Crippen molar-refractivity contribution in [1.82, 2.24) is 4.98 Å². The van der Waals surface area contributed by atoms with Gasteiger partial charge < -0.3 is 5.11 Å². The van der Waals surface area contributed by atoms with Crippen molar-refractivity contribution in [3.8, 4) is 0 Å². The quantitative estimate of drug-likeness (QED) is 0.809. The zero-order valence-electron chi connectivity index (χ0n) is 8.01. The number of aromatic nitrogens is 1. The minimum absolute atomic E-state index is 0.276. The van der Waals surface area contributed by atoms with E-state index in [1.807, 2.05) is 12.1 Å². The van der Waals surface area contributed by atoms with Crippen LogP contribution >= 0.6 is 11.8 Å². The summed E-state index contributed by atoms with van der Waals surface area (Å²) in [6, 6.07) is 3.89. The SMILES string of the molecule is CC(CSCc1ccncc1)C(=O)O. The van der Waals surface area contributed by atoms with Crippen molar-refractivity contribution in [2.75, 3.05) is 5.75 Å². The van der Waals surface area contributed by atoms with Crippen molar-refractivity contribution in [2.24, 2.45) is 5.92 Å². The van der Waals surface area contributed by atoms with E-state index in [4.69, 9.17) is 5.11 Å². The predicted molar refractivity (Wildman–Crippen MR) is 57.2 cm³/mol. The molecule has 1 aromatic heterocycles. The van der Waals surface area contributed by atoms with Gasteiger partial charge in [-0.15, -0.1) is 0 Å². The second-order valence-corrected chi connectivity index (χ2v) is 4.14. The minimum atomic E-state index is -0.729. The van der Waals surface area contributed by atoms with E-state index in [0.717, 1.165) is 5.75 Å². The molecule has 0 aliphatic rings. The number of rotatable bonds is 5. The standard InChI is InChI=1S/C10H13NO2S/c1-8(10(12)13)6-14-7-9-2-4-11-5-3-9/h2-5,8H,6-7H2,1H3,(H,12,13). The molecule has 0 aromatic carbocycles. The molecule has 0 saturated heterocycles. The predicted octanol–water partition coefficient (Wildman–Crippen LogP) is 2.04. The van der Waals surface area contributed by atoms with Crippen LogP contribution in [0.5, 0.6) is 0 Å². The van der Waals surface area contributed by atoms with Crippen molar-refractivity contribution >= 4 is 17.7 Å². The maximum absolute atomic E-state index is 10.5. The lowest BCUT2D eigenvalue weighted by molar-refractivity contribution is -0.140. The van der Waals surface area contributed by atoms with Crippen LogP contribution in [0.25, 0.3) is 0 Å². The van der Waals surface area contributed by atoms with Crippen LogP contribution in [0.3, 0.4) is 0 Å². The van der Waals surface area contributed by atoms with Crippen LogP contribution in [0.4, 0.5) is 0 Å². The van der Waals surface area contributed by atoms with Gasteiger partial charge in [-0.05, 0) is 17.7 Å². The van der Waals surface area contributed by atoms with Gasteiger partial charge in [0.2, 0.25) is 0 Å². The van der Waals surface area contributed by atoms with E-state index in [2.05, 4.69) is 4.98 Å². The maximum Gasteiger partial charge on any atom is 0.307 e. The average molecular weight is 211 g/mol. The van der Waals surface area contributed by atoms with E-state index in [0.29, 0.717) is 5.75 Å². The molecule has 0 aliphatic heterocycles. The van der Waals surface area contributed by atoms with Crippen molar-refractivity contribution in [1.29, 1.82) is 0 Å². The Balaban J connectivity index is 2.26. The van der Waals surface area contributed by atoms with Gasteiger partial charge in [-0.25, -0.2) is 0 Å². The number of carboxylic acids is 1. The van der Waals surface area contributed by atoms with Crippen LogP contribution in [0, 0.1) is 5.92 Å². The molecule has 1 heterocycles. The molecule has 0 radical (unpaired) electrons. The summed E-state index contributed by atoms with van der Waals surface area (Å²) in [5.74, 6) is 0.492. The highest BCUT2D eigenvalue weighted by atomic mass is 32.2. The number of aliphatic carboxylic acids is 1. The van der Waals surface area contributed by atoms with Crippen LogP contribution < -0.4 is 0 Å².